The van der Waals surface area contributed by atoms with E-state index in [0.717, 1.165) is 23.3 Å². The smallest absolute Gasteiger partial charge is 0.411 e. The second kappa shape index (κ2) is 8.15. The van der Waals surface area contributed by atoms with Crippen molar-refractivity contribution in [2.24, 2.45) is 0 Å². The summed E-state index contributed by atoms with van der Waals surface area (Å²) in [4.78, 5) is 28.4. The number of nitriles is 1. The van der Waals surface area contributed by atoms with Gasteiger partial charge in [0.05, 0.1) is 10.1 Å². The molecule has 8 nitrogen and oxygen atoms in total. The Hall–Kier alpha value is -2.60. The van der Waals surface area contributed by atoms with E-state index in [9.17, 15) is 23.3 Å². The van der Waals surface area contributed by atoms with Gasteiger partial charge in [0.2, 0.25) is 0 Å². The molecule has 0 aromatic heterocycles. The molecule has 2 atom stereocenters. The maximum atomic E-state index is 13.4. The number of ether oxygens (including phenoxy) is 1. The van der Waals surface area contributed by atoms with Crippen LogP contribution in [0.4, 0.5) is 4.79 Å². The first-order chi connectivity index (χ1) is 14.3. The molecule has 1 saturated carbocycles. The third-order valence-electron chi connectivity index (χ3n) is 5.51. The van der Waals surface area contributed by atoms with Gasteiger partial charge >= 0.3 is 6.09 Å². The zero-order valence-electron chi connectivity index (χ0n) is 18.6. The zero-order chi connectivity index (χ0) is 23.1. The molecule has 0 unspecified atom stereocenters. The van der Waals surface area contributed by atoms with Crippen LogP contribution in [0.3, 0.4) is 0 Å². The summed E-state index contributed by atoms with van der Waals surface area (Å²) in [6, 6.07) is 3.86. The predicted octanol–water partition coefficient (Wildman–Crippen LogP) is 2.93. The van der Waals surface area contributed by atoms with Gasteiger partial charge in [0, 0.05) is 12.6 Å². The maximum Gasteiger partial charge on any atom is 0.411 e. The lowest BCUT2D eigenvalue weighted by Gasteiger charge is -2.29. The average Bonchev–Trinajstić information content (AvgIpc) is 3.36. The summed E-state index contributed by atoms with van der Waals surface area (Å²) in [5.74, 6) is -0.547. The Bertz CT molecular complexity index is 1030. The molecule has 3 rings (SSSR count). The van der Waals surface area contributed by atoms with Gasteiger partial charge in [-0.25, -0.2) is 18.1 Å². The summed E-state index contributed by atoms with van der Waals surface area (Å²) in [6.45, 7) is 8.55. The normalized spacial score (nSPS) is 21.5. The van der Waals surface area contributed by atoms with Gasteiger partial charge in [-0.1, -0.05) is 17.7 Å². The minimum absolute atomic E-state index is 0.0708. The van der Waals surface area contributed by atoms with Crippen LogP contribution in [0.15, 0.2) is 23.1 Å². The van der Waals surface area contributed by atoms with Crippen molar-refractivity contribution < 1.29 is 22.7 Å². The second-order valence-electron chi connectivity index (χ2n) is 9.36. The molecule has 168 valence electrons. The summed E-state index contributed by atoms with van der Waals surface area (Å²) >= 11 is 0. The van der Waals surface area contributed by atoms with Crippen molar-refractivity contribution in [1.82, 2.24) is 9.80 Å². The lowest BCUT2D eigenvalue weighted by atomic mass is 10.2. The Morgan fingerprint density at radius 1 is 1.23 bits per heavy atom. The number of hydrogen-bond acceptors (Lipinski definition) is 6. The van der Waals surface area contributed by atoms with Gasteiger partial charge in [-0.3, -0.25) is 9.69 Å². The summed E-state index contributed by atoms with van der Waals surface area (Å²) in [7, 11) is -3.80. The number of nitrogens with zero attached hydrogens (tertiary/aromatic N) is 3. The highest BCUT2D eigenvalue weighted by Gasteiger charge is 2.49. The molecule has 1 aliphatic carbocycles. The van der Waals surface area contributed by atoms with Gasteiger partial charge in [0.25, 0.3) is 5.91 Å². The number of aryl methyl sites for hydroxylation is 2. The molecule has 1 saturated heterocycles. The van der Waals surface area contributed by atoms with E-state index in [2.05, 4.69) is 0 Å². The fraction of sp³-hybridized carbons (Fsp3) is 0.591. The van der Waals surface area contributed by atoms with Crippen molar-refractivity contribution in [3.63, 3.8) is 0 Å². The molecule has 1 aromatic rings. The van der Waals surface area contributed by atoms with Crippen LogP contribution in [-0.2, 0) is 19.4 Å². The van der Waals surface area contributed by atoms with Crippen molar-refractivity contribution in [3.8, 4) is 6.19 Å². The summed E-state index contributed by atoms with van der Waals surface area (Å²) in [6.07, 6.45) is 2.53. The fourth-order valence-electron chi connectivity index (χ4n) is 3.88. The Labute approximate surface area is 183 Å². The number of sulfone groups is 1. The van der Waals surface area contributed by atoms with E-state index in [1.807, 2.05) is 13.1 Å². The molecule has 0 radical (unpaired) electrons. The van der Waals surface area contributed by atoms with Gasteiger partial charge < -0.3 is 4.74 Å². The number of benzene rings is 1. The van der Waals surface area contributed by atoms with Crippen molar-refractivity contribution >= 4 is 21.8 Å². The largest absolute Gasteiger partial charge is 0.444 e. The van der Waals surface area contributed by atoms with Crippen LogP contribution in [0.2, 0.25) is 0 Å². The lowest BCUT2D eigenvalue weighted by Crippen LogP contribution is -2.48. The lowest BCUT2D eigenvalue weighted by molar-refractivity contribution is -0.133. The maximum absolute atomic E-state index is 13.4. The van der Waals surface area contributed by atoms with E-state index < -0.39 is 38.7 Å². The molecular weight excluding hydrogens is 418 g/mol. The zero-order valence-corrected chi connectivity index (χ0v) is 19.4. The van der Waals surface area contributed by atoms with Crippen LogP contribution in [-0.4, -0.2) is 59.7 Å². The van der Waals surface area contributed by atoms with Crippen molar-refractivity contribution in [2.45, 2.75) is 81.7 Å². The minimum atomic E-state index is -3.80. The third-order valence-corrected chi connectivity index (χ3v) is 7.80. The molecule has 1 aliphatic heterocycles. The average molecular weight is 448 g/mol. The molecular formula is C22H29N3O5S. The van der Waals surface area contributed by atoms with E-state index in [1.165, 1.54) is 4.90 Å². The summed E-state index contributed by atoms with van der Waals surface area (Å²) in [5.41, 5.74) is 0.760. The summed E-state index contributed by atoms with van der Waals surface area (Å²) < 4.78 is 32.2. The highest BCUT2D eigenvalue weighted by molar-refractivity contribution is 7.92. The molecule has 2 amide bonds. The highest BCUT2D eigenvalue weighted by Crippen LogP contribution is 2.34. The number of likely N-dealkylation sites (tertiary alicyclic amines) is 1. The van der Waals surface area contributed by atoms with E-state index in [4.69, 9.17) is 4.74 Å². The first-order valence-electron chi connectivity index (χ1n) is 10.4. The van der Waals surface area contributed by atoms with E-state index in [0.29, 0.717) is 5.56 Å². The van der Waals surface area contributed by atoms with E-state index in [-0.39, 0.29) is 23.9 Å². The van der Waals surface area contributed by atoms with Gasteiger partial charge in [0.1, 0.15) is 11.6 Å². The SMILES string of the molecule is Cc1ccc(S(=O)(=O)[C@@H]2C[C@@H](C(=O)N(C#N)C3CC3)N(C(=O)OC(C)(C)C)C2)c(C)c1. The molecule has 0 bridgehead atoms. The molecule has 31 heavy (non-hydrogen) atoms. The number of hydrogen-bond donors (Lipinski definition) is 0. The van der Waals surface area contributed by atoms with Crippen LogP contribution in [0.5, 0.6) is 0 Å². The second-order valence-corrected chi connectivity index (χ2v) is 11.6. The standard InChI is InChI=1S/C22H29N3O5S/c1-14-6-9-19(15(2)10-14)31(28,29)17-11-18(20(26)25(13-23)16-7-8-16)24(12-17)21(27)30-22(3,4)5/h6,9-10,16-18H,7-8,11-12H2,1-5H3/t17-,18+/m1/s1. The Kier molecular flexibility index (Phi) is 6.07. The third kappa shape index (κ3) is 4.85. The van der Waals surface area contributed by atoms with E-state index >= 15 is 0 Å². The Morgan fingerprint density at radius 2 is 1.87 bits per heavy atom. The predicted molar refractivity (Wildman–Crippen MR) is 114 cm³/mol. The number of amides is 2. The summed E-state index contributed by atoms with van der Waals surface area (Å²) in [5, 5.41) is 8.48. The molecule has 0 N–H and O–H groups in total. The number of carbonyl (C=O) groups is 2. The van der Waals surface area contributed by atoms with Crippen LogP contribution >= 0.6 is 0 Å². The minimum Gasteiger partial charge on any atom is -0.444 e. The Morgan fingerprint density at radius 3 is 2.39 bits per heavy atom. The quantitative estimate of drug-likeness (QED) is 0.519. The topological polar surface area (TPSA) is 108 Å². The van der Waals surface area contributed by atoms with Gasteiger partial charge in [-0.15, -0.1) is 0 Å². The van der Waals surface area contributed by atoms with Gasteiger partial charge in [-0.2, -0.15) is 5.26 Å². The van der Waals surface area contributed by atoms with Crippen molar-refractivity contribution in [3.05, 3.63) is 29.3 Å². The Balaban J connectivity index is 1.94. The molecule has 1 heterocycles. The molecule has 9 heteroatoms. The van der Waals surface area contributed by atoms with Gasteiger partial charge in [0.15, 0.2) is 16.0 Å². The van der Waals surface area contributed by atoms with Crippen molar-refractivity contribution in [2.75, 3.05) is 6.54 Å². The van der Waals surface area contributed by atoms with Crippen LogP contribution in [0.1, 0.15) is 51.2 Å². The highest BCUT2D eigenvalue weighted by atomic mass is 32.2. The van der Waals surface area contributed by atoms with Crippen LogP contribution in [0, 0.1) is 25.3 Å². The molecule has 0 spiro atoms. The molecule has 2 aliphatic rings. The van der Waals surface area contributed by atoms with Crippen LogP contribution < -0.4 is 0 Å². The van der Waals surface area contributed by atoms with Gasteiger partial charge in [-0.05, 0) is 65.5 Å². The molecule has 2 fully saturated rings. The monoisotopic (exact) mass is 447 g/mol. The van der Waals surface area contributed by atoms with E-state index in [1.54, 1.807) is 45.9 Å². The number of carbonyl (C=O) groups excluding carboxylic acids is 2. The number of rotatable bonds is 4. The first-order valence-corrected chi connectivity index (χ1v) is 11.9. The first kappa shape index (κ1) is 23.1. The van der Waals surface area contributed by atoms with Crippen molar-refractivity contribution in [1.29, 1.82) is 5.26 Å². The molecule has 1 aromatic carbocycles. The fourth-order valence-corrected chi connectivity index (χ4v) is 5.80. The van der Waals surface area contributed by atoms with Crippen LogP contribution in [0.25, 0.3) is 0 Å².